The van der Waals surface area contributed by atoms with Crippen LogP contribution >= 0.6 is 0 Å². The van der Waals surface area contributed by atoms with Gasteiger partial charge in [0.25, 0.3) is 5.91 Å². The lowest BCUT2D eigenvalue weighted by Crippen LogP contribution is -2.44. The maximum Gasteiger partial charge on any atom is 0.255 e. The fourth-order valence-electron chi connectivity index (χ4n) is 4.29. The number of amides is 1. The van der Waals surface area contributed by atoms with E-state index in [1.807, 2.05) is 19.9 Å². The van der Waals surface area contributed by atoms with Crippen molar-refractivity contribution in [2.24, 2.45) is 0 Å². The van der Waals surface area contributed by atoms with Crippen LogP contribution in [0.3, 0.4) is 0 Å². The first-order valence-electron chi connectivity index (χ1n) is 11.7. The van der Waals surface area contributed by atoms with E-state index in [0.29, 0.717) is 66.7 Å². The number of anilines is 2. The van der Waals surface area contributed by atoms with E-state index in [0.717, 1.165) is 11.3 Å². The van der Waals surface area contributed by atoms with Crippen LogP contribution in [0.25, 0.3) is 11.3 Å². The van der Waals surface area contributed by atoms with Gasteiger partial charge in [0.15, 0.2) is 0 Å². The minimum Gasteiger partial charge on any atom is -0.488 e. The number of carbonyl (C=O) groups is 1. The molecule has 1 fully saturated rings. The normalized spacial score (nSPS) is 19.1. The van der Waals surface area contributed by atoms with Crippen molar-refractivity contribution in [1.29, 1.82) is 0 Å². The number of pyridine rings is 1. The molecular formula is C26H29FN4O4. The maximum absolute atomic E-state index is 14.3. The molecule has 9 heteroatoms. The lowest BCUT2D eigenvalue weighted by molar-refractivity contribution is -0.181. The summed E-state index contributed by atoms with van der Waals surface area (Å²) in [5.74, 6) is 0.0346. The van der Waals surface area contributed by atoms with E-state index in [4.69, 9.17) is 14.2 Å². The minimum absolute atomic E-state index is 0.183. The molecule has 1 unspecified atom stereocenters. The molecule has 1 aromatic carbocycles. The van der Waals surface area contributed by atoms with Crippen LogP contribution in [0.15, 0.2) is 36.7 Å². The molecule has 3 N–H and O–H groups in total. The van der Waals surface area contributed by atoms with Crippen molar-refractivity contribution in [3.8, 4) is 17.0 Å². The first-order chi connectivity index (χ1) is 16.8. The van der Waals surface area contributed by atoms with Crippen molar-refractivity contribution in [2.75, 3.05) is 31.7 Å². The first kappa shape index (κ1) is 23.3. The van der Waals surface area contributed by atoms with E-state index in [-0.39, 0.29) is 23.4 Å². The molecule has 1 atom stereocenters. The molecule has 5 rings (SSSR count). The molecule has 1 saturated heterocycles. The zero-order valence-corrected chi connectivity index (χ0v) is 20.0. The number of H-pyrrole nitrogens is 1. The third kappa shape index (κ3) is 4.74. The van der Waals surface area contributed by atoms with E-state index in [9.17, 15) is 9.18 Å². The van der Waals surface area contributed by atoms with Crippen LogP contribution in [0.1, 0.15) is 35.5 Å². The Bertz CT molecular complexity index is 1250. The molecule has 35 heavy (non-hydrogen) atoms. The Morgan fingerprint density at radius 3 is 2.97 bits per heavy atom. The summed E-state index contributed by atoms with van der Waals surface area (Å²) < 4.78 is 32.1. The molecule has 1 amide bonds. The number of carbonyl (C=O) groups excluding carboxylic acids is 1. The largest absolute Gasteiger partial charge is 0.488 e. The summed E-state index contributed by atoms with van der Waals surface area (Å²) in [4.78, 5) is 20.5. The molecule has 2 aliphatic rings. The number of aromatic nitrogens is 2. The van der Waals surface area contributed by atoms with Gasteiger partial charge in [0.1, 0.15) is 24.3 Å². The highest BCUT2D eigenvalue weighted by atomic mass is 19.1. The zero-order chi connectivity index (χ0) is 24.6. The Morgan fingerprint density at radius 1 is 1.31 bits per heavy atom. The SMILES string of the molecule is Cc1c(F)cccc1Nc1c(-c2ccncc2OCC2COC(C)(C)CO2)[nH]c2c1C(=O)NCC2. The highest BCUT2D eigenvalue weighted by Gasteiger charge is 2.30. The lowest BCUT2D eigenvalue weighted by Gasteiger charge is -2.34. The summed E-state index contributed by atoms with van der Waals surface area (Å²) in [5.41, 5.74) is 4.05. The Morgan fingerprint density at radius 2 is 2.17 bits per heavy atom. The summed E-state index contributed by atoms with van der Waals surface area (Å²) in [7, 11) is 0. The molecule has 2 aromatic heterocycles. The third-order valence-corrected chi connectivity index (χ3v) is 6.30. The van der Waals surface area contributed by atoms with E-state index in [1.165, 1.54) is 6.07 Å². The van der Waals surface area contributed by atoms with E-state index >= 15 is 0 Å². The second kappa shape index (κ2) is 9.31. The molecular weight excluding hydrogens is 451 g/mol. The standard InChI is InChI=1S/C26H29FN4O4/c1-15-18(27)5-4-6-19(15)30-24-22-20(8-10-29-25(22)32)31-23(24)17-7-9-28-11-21(17)33-12-16-13-35-26(2,3)14-34-16/h4-7,9,11,16,30-31H,8,10,12-14H2,1-3H3,(H,29,32). The van der Waals surface area contributed by atoms with Gasteiger partial charge >= 0.3 is 0 Å². The van der Waals surface area contributed by atoms with Crippen molar-refractivity contribution in [2.45, 2.75) is 38.9 Å². The Labute approximate surface area is 203 Å². The van der Waals surface area contributed by atoms with Crippen LogP contribution in [0.2, 0.25) is 0 Å². The van der Waals surface area contributed by atoms with Crippen molar-refractivity contribution < 1.29 is 23.4 Å². The number of nitrogens with zero attached hydrogens (tertiary/aromatic N) is 1. The smallest absolute Gasteiger partial charge is 0.255 e. The number of benzene rings is 1. The highest BCUT2D eigenvalue weighted by Crippen LogP contribution is 2.40. The predicted octanol–water partition coefficient (Wildman–Crippen LogP) is 4.13. The molecule has 184 valence electrons. The quantitative estimate of drug-likeness (QED) is 0.491. The third-order valence-electron chi connectivity index (χ3n) is 6.30. The fraction of sp³-hybridized carbons (Fsp3) is 0.385. The average molecular weight is 481 g/mol. The maximum atomic E-state index is 14.3. The van der Waals surface area contributed by atoms with Gasteiger partial charge in [-0.1, -0.05) is 6.07 Å². The molecule has 0 aliphatic carbocycles. The minimum atomic E-state index is -0.323. The van der Waals surface area contributed by atoms with Crippen molar-refractivity contribution in [3.05, 3.63) is 59.3 Å². The summed E-state index contributed by atoms with van der Waals surface area (Å²) >= 11 is 0. The number of halogens is 1. The van der Waals surface area contributed by atoms with Crippen molar-refractivity contribution in [3.63, 3.8) is 0 Å². The Kier molecular flexibility index (Phi) is 6.21. The Balaban J connectivity index is 1.49. The van der Waals surface area contributed by atoms with Gasteiger partial charge in [-0.15, -0.1) is 0 Å². The van der Waals surface area contributed by atoms with Gasteiger partial charge in [0.05, 0.1) is 42.0 Å². The molecule has 4 heterocycles. The number of hydrogen-bond acceptors (Lipinski definition) is 6. The van der Waals surface area contributed by atoms with Gasteiger partial charge in [-0.05, 0) is 39.0 Å². The zero-order valence-electron chi connectivity index (χ0n) is 20.0. The summed E-state index contributed by atoms with van der Waals surface area (Å²) in [6.45, 7) is 7.43. The highest BCUT2D eigenvalue weighted by molar-refractivity contribution is 6.06. The van der Waals surface area contributed by atoms with Gasteiger partial charge < -0.3 is 29.8 Å². The first-order valence-corrected chi connectivity index (χ1v) is 11.7. The molecule has 3 aromatic rings. The van der Waals surface area contributed by atoms with E-state index < -0.39 is 0 Å². The monoisotopic (exact) mass is 480 g/mol. The van der Waals surface area contributed by atoms with E-state index in [1.54, 1.807) is 31.5 Å². The van der Waals surface area contributed by atoms with Crippen LogP contribution in [0.5, 0.6) is 5.75 Å². The second-order valence-electron chi connectivity index (χ2n) is 9.46. The molecule has 2 aliphatic heterocycles. The van der Waals surface area contributed by atoms with Gasteiger partial charge in [0, 0.05) is 41.7 Å². The van der Waals surface area contributed by atoms with Crippen LogP contribution in [-0.2, 0) is 15.9 Å². The number of ether oxygens (including phenoxy) is 3. The van der Waals surface area contributed by atoms with Gasteiger partial charge in [-0.3, -0.25) is 9.78 Å². The Hall–Kier alpha value is -3.43. The predicted molar refractivity (Wildman–Crippen MR) is 130 cm³/mol. The molecule has 0 saturated carbocycles. The van der Waals surface area contributed by atoms with Crippen LogP contribution in [0.4, 0.5) is 15.8 Å². The summed E-state index contributed by atoms with van der Waals surface area (Å²) in [5, 5.41) is 6.21. The number of fused-ring (bicyclic) bond motifs is 1. The van der Waals surface area contributed by atoms with Crippen LogP contribution in [-0.4, -0.2) is 53.9 Å². The fourth-order valence-corrected chi connectivity index (χ4v) is 4.29. The van der Waals surface area contributed by atoms with Crippen molar-refractivity contribution in [1.82, 2.24) is 15.3 Å². The number of aromatic amines is 1. The number of hydrogen-bond donors (Lipinski definition) is 3. The second-order valence-corrected chi connectivity index (χ2v) is 9.46. The molecule has 0 bridgehead atoms. The molecule has 8 nitrogen and oxygen atoms in total. The topological polar surface area (TPSA) is 97.5 Å². The van der Waals surface area contributed by atoms with Crippen LogP contribution in [0, 0.1) is 12.7 Å². The van der Waals surface area contributed by atoms with Gasteiger partial charge in [-0.2, -0.15) is 0 Å². The van der Waals surface area contributed by atoms with Crippen molar-refractivity contribution >= 4 is 17.3 Å². The molecule has 0 spiro atoms. The van der Waals surface area contributed by atoms with Gasteiger partial charge in [0.2, 0.25) is 0 Å². The molecule has 0 radical (unpaired) electrons. The summed E-state index contributed by atoms with van der Waals surface area (Å²) in [6, 6.07) is 6.66. The average Bonchev–Trinajstić information content (AvgIpc) is 3.21. The lowest BCUT2D eigenvalue weighted by atomic mass is 10.0. The number of nitrogens with one attached hydrogen (secondary N) is 3. The van der Waals surface area contributed by atoms with Gasteiger partial charge in [-0.25, -0.2) is 4.39 Å². The number of rotatable bonds is 6. The van der Waals surface area contributed by atoms with Crippen LogP contribution < -0.4 is 15.4 Å². The van der Waals surface area contributed by atoms with E-state index in [2.05, 4.69) is 20.6 Å². The summed E-state index contributed by atoms with van der Waals surface area (Å²) in [6.07, 6.45) is 3.76.